The summed E-state index contributed by atoms with van der Waals surface area (Å²) in [5.41, 5.74) is 3.59. The third kappa shape index (κ3) is 3.44. The molecule has 0 aliphatic carbocycles. The molecule has 0 spiro atoms. The van der Waals surface area contributed by atoms with E-state index in [1.165, 1.54) is 0 Å². The molecule has 5 nitrogen and oxygen atoms in total. The van der Waals surface area contributed by atoms with Crippen molar-refractivity contribution >= 4 is 0 Å². The summed E-state index contributed by atoms with van der Waals surface area (Å²) in [5, 5.41) is 0. The maximum atomic E-state index is 5.52. The summed E-state index contributed by atoms with van der Waals surface area (Å²) in [5.74, 6) is 6.28. The van der Waals surface area contributed by atoms with Gasteiger partial charge < -0.3 is 9.47 Å². The van der Waals surface area contributed by atoms with E-state index in [0.717, 1.165) is 24.3 Å². The van der Waals surface area contributed by atoms with E-state index in [4.69, 9.17) is 15.3 Å². The normalized spacial score (nSPS) is 12.4. The van der Waals surface area contributed by atoms with E-state index in [9.17, 15) is 0 Å². The number of hydrogen-bond acceptors (Lipinski definition) is 5. The van der Waals surface area contributed by atoms with Crippen LogP contribution in [0.5, 0.6) is 5.75 Å². The monoisotopic (exact) mass is 225 g/mol. The Morgan fingerprint density at radius 2 is 2.31 bits per heavy atom. The molecule has 0 amide bonds. The average Bonchev–Trinajstić information content (AvgIpc) is 2.35. The second-order valence-corrected chi connectivity index (χ2v) is 3.45. The van der Waals surface area contributed by atoms with Crippen molar-refractivity contribution in [3.8, 4) is 5.75 Å². The van der Waals surface area contributed by atoms with Crippen molar-refractivity contribution in [1.29, 1.82) is 0 Å². The van der Waals surface area contributed by atoms with E-state index in [1.807, 2.05) is 12.1 Å². The van der Waals surface area contributed by atoms with Crippen LogP contribution in [0.1, 0.15) is 24.6 Å². The molecule has 0 radical (unpaired) electrons. The number of pyridine rings is 1. The smallest absolute Gasteiger partial charge is 0.142 e. The van der Waals surface area contributed by atoms with Gasteiger partial charge in [0.1, 0.15) is 11.4 Å². The standard InChI is InChI=1S/C11H19N3O2/c1-15-8-4-5-9(14-12)11-10(16-2)6-3-7-13-11/h3,6-7,9,14H,4-5,8,12H2,1-2H3. The van der Waals surface area contributed by atoms with Gasteiger partial charge in [0.2, 0.25) is 0 Å². The first kappa shape index (κ1) is 12.9. The van der Waals surface area contributed by atoms with Crippen molar-refractivity contribution < 1.29 is 9.47 Å². The Hall–Kier alpha value is -1.17. The first-order chi connectivity index (χ1) is 7.83. The third-order valence-electron chi connectivity index (χ3n) is 2.39. The fourth-order valence-corrected chi connectivity index (χ4v) is 1.57. The number of methoxy groups -OCH3 is 2. The molecule has 1 heterocycles. The van der Waals surface area contributed by atoms with Crippen molar-refractivity contribution in [1.82, 2.24) is 10.4 Å². The summed E-state index contributed by atoms with van der Waals surface area (Å²) < 4.78 is 10.3. The van der Waals surface area contributed by atoms with Crippen molar-refractivity contribution in [3.05, 3.63) is 24.0 Å². The number of aromatic nitrogens is 1. The maximum absolute atomic E-state index is 5.52. The lowest BCUT2D eigenvalue weighted by Crippen LogP contribution is -2.29. The Balaban J connectivity index is 2.69. The zero-order valence-electron chi connectivity index (χ0n) is 9.77. The molecule has 1 aromatic rings. The summed E-state index contributed by atoms with van der Waals surface area (Å²) in [6.45, 7) is 0.716. The number of nitrogens with one attached hydrogen (secondary N) is 1. The number of ether oxygens (including phenoxy) is 2. The topological polar surface area (TPSA) is 69.4 Å². The summed E-state index contributed by atoms with van der Waals surface area (Å²) in [6, 6.07) is 3.71. The minimum atomic E-state index is -0.00806. The minimum Gasteiger partial charge on any atom is -0.495 e. The van der Waals surface area contributed by atoms with Gasteiger partial charge in [0, 0.05) is 19.9 Å². The van der Waals surface area contributed by atoms with Crippen molar-refractivity contribution in [2.45, 2.75) is 18.9 Å². The molecule has 1 aromatic heterocycles. The van der Waals surface area contributed by atoms with E-state index in [1.54, 1.807) is 20.4 Å². The second-order valence-electron chi connectivity index (χ2n) is 3.45. The van der Waals surface area contributed by atoms with Crippen LogP contribution in [-0.4, -0.2) is 25.8 Å². The Bertz CT molecular complexity index is 307. The molecule has 0 aliphatic heterocycles. The first-order valence-electron chi connectivity index (χ1n) is 5.27. The highest BCUT2D eigenvalue weighted by atomic mass is 16.5. The highest BCUT2D eigenvalue weighted by Crippen LogP contribution is 2.24. The molecule has 5 heteroatoms. The highest BCUT2D eigenvalue weighted by molar-refractivity contribution is 5.29. The zero-order chi connectivity index (χ0) is 11.8. The molecule has 0 aromatic carbocycles. The first-order valence-corrected chi connectivity index (χ1v) is 5.27. The van der Waals surface area contributed by atoms with Crippen molar-refractivity contribution in [3.63, 3.8) is 0 Å². The average molecular weight is 225 g/mol. The lowest BCUT2D eigenvalue weighted by Gasteiger charge is -2.17. The van der Waals surface area contributed by atoms with Gasteiger partial charge in [-0.2, -0.15) is 0 Å². The van der Waals surface area contributed by atoms with Crippen LogP contribution >= 0.6 is 0 Å². The molecule has 0 fully saturated rings. The van der Waals surface area contributed by atoms with Gasteiger partial charge in [-0.3, -0.25) is 16.3 Å². The summed E-state index contributed by atoms with van der Waals surface area (Å²) in [7, 11) is 3.31. The van der Waals surface area contributed by atoms with E-state index in [0.29, 0.717) is 6.61 Å². The van der Waals surface area contributed by atoms with Crippen LogP contribution in [0.4, 0.5) is 0 Å². The van der Waals surface area contributed by atoms with Crippen LogP contribution in [0.15, 0.2) is 18.3 Å². The molecule has 0 saturated heterocycles. The Morgan fingerprint density at radius 1 is 1.50 bits per heavy atom. The predicted molar refractivity (Wildman–Crippen MR) is 62.0 cm³/mol. The Morgan fingerprint density at radius 3 is 2.94 bits per heavy atom. The predicted octanol–water partition coefficient (Wildman–Crippen LogP) is 1.02. The lowest BCUT2D eigenvalue weighted by atomic mass is 10.1. The van der Waals surface area contributed by atoms with Gasteiger partial charge in [-0.25, -0.2) is 0 Å². The van der Waals surface area contributed by atoms with Gasteiger partial charge in [0.05, 0.1) is 13.2 Å². The fraction of sp³-hybridized carbons (Fsp3) is 0.545. The van der Waals surface area contributed by atoms with Crippen LogP contribution in [0.25, 0.3) is 0 Å². The largest absolute Gasteiger partial charge is 0.495 e. The third-order valence-corrected chi connectivity index (χ3v) is 2.39. The maximum Gasteiger partial charge on any atom is 0.142 e. The molecule has 1 atom stereocenters. The zero-order valence-corrected chi connectivity index (χ0v) is 9.77. The molecule has 1 rings (SSSR count). The van der Waals surface area contributed by atoms with Crippen LogP contribution < -0.4 is 16.0 Å². The van der Waals surface area contributed by atoms with Gasteiger partial charge in [-0.15, -0.1) is 0 Å². The van der Waals surface area contributed by atoms with Gasteiger partial charge in [-0.1, -0.05) is 0 Å². The van der Waals surface area contributed by atoms with Gasteiger partial charge in [0.25, 0.3) is 0 Å². The number of hydrazine groups is 1. The van der Waals surface area contributed by atoms with E-state index >= 15 is 0 Å². The molecule has 3 N–H and O–H groups in total. The molecular weight excluding hydrogens is 206 g/mol. The summed E-state index contributed by atoms with van der Waals surface area (Å²) >= 11 is 0. The number of rotatable bonds is 7. The van der Waals surface area contributed by atoms with Gasteiger partial charge in [-0.05, 0) is 25.0 Å². The van der Waals surface area contributed by atoms with Crippen LogP contribution in [0.3, 0.4) is 0 Å². The van der Waals surface area contributed by atoms with Crippen molar-refractivity contribution in [2.24, 2.45) is 5.84 Å². The van der Waals surface area contributed by atoms with Crippen LogP contribution in [0.2, 0.25) is 0 Å². The molecule has 1 unspecified atom stereocenters. The molecule has 90 valence electrons. The molecule has 16 heavy (non-hydrogen) atoms. The van der Waals surface area contributed by atoms with Gasteiger partial charge >= 0.3 is 0 Å². The quantitative estimate of drug-likeness (QED) is 0.412. The molecule has 0 bridgehead atoms. The molecule has 0 aliphatic rings. The van der Waals surface area contributed by atoms with Crippen LogP contribution in [-0.2, 0) is 4.74 Å². The van der Waals surface area contributed by atoms with E-state index in [2.05, 4.69) is 10.4 Å². The van der Waals surface area contributed by atoms with E-state index in [-0.39, 0.29) is 6.04 Å². The highest BCUT2D eigenvalue weighted by Gasteiger charge is 2.15. The minimum absolute atomic E-state index is 0.00806. The Kier molecular flexibility index (Phi) is 5.77. The fourth-order valence-electron chi connectivity index (χ4n) is 1.57. The number of hydrogen-bond donors (Lipinski definition) is 2. The van der Waals surface area contributed by atoms with E-state index < -0.39 is 0 Å². The molecular formula is C11H19N3O2. The number of nitrogens with two attached hydrogens (primary N) is 1. The molecule has 0 saturated carbocycles. The number of nitrogens with zero attached hydrogens (tertiary/aromatic N) is 1. The van der Waals surface area contributed by atoms with Crippen molar-refractivity contribution in [2.75, 3.05) is 20.8 Å². The lowest BCUT2D eigenvalue weighted by molar-refractivity contribution is 0.188. The summed E-state index contributed by atoms with van der Waals surface area (Å²) in [4.78, 5) is 4.29. The summed E-state index contributed by atoms with van der Waals surface area (Å²) in [6.07, 6.45) is 3.52. The van der Waals surface area contributed by atoms with Gasteiger partial charge in [0.15, 0.2) is 0 Å². The Labute approximate surface area is 95.9 Å². The van der Waals surface area contributed by atoms with Crippen LogP contribution in [0, 0.1) is 0 Å². The SMILES string of the molecule is COCCCC(NN)c1ncccc1OC. The second kappa shape index (κ2) is 7.16.